The number of amides is 3. The van der Waals surface area contributed by atoms with Crippen molar-refractivity contribution in [3.63, 3.8) is 0 Å². The van der Waals surface area contributed by atoms with Gasteiger partial charge in [-0.2, -0.15) is 0 Å². The molecule has 1 heterocycles. The highest BCUT2D eigenvalue weighted by atomic mass is 16.2. The van der Waals surface area contributed by atoms with Crippen molar-refractivity contribution >= 4 is 17.6 Å². The van der Waals surface area contributed by atoms with E-state index in [9.17, 15) is 9.59 Å². The topological polar surface area (TPSA) is 61.4 Å². The monoisotopic (exact) mass is 329 g/mol. The number of fused-ring (bicyclic) bond motifs is 1. The standard InChI is InChI=1S/C19H27N3O2/c23-18(22-14-12-15-7-4-5-10-17(15)22)11-6-13-20-19(24)21-16-8-2-1-3-9-16/h4-5,7,10,16H,1-3,6,8-9,11-14H2,(H2,20,21,24). The molecule has 5 nitrogen and oxygen atoms in total. The fraction of sp³-hybridized carbons (Fsp3) is 0.579. The zero-order chi connectivity index (χ0) is 16.8. The lowest BCUT2D eigenvalue weighted by molar-refractivity contribution is -0.118. The van der Waals surface area contributed by atoms with Crippen molar-refractivity contribution in [3.05, 3.63) is 29.8 Å². The Morgan fingerprint density at radius 1 is 1.12 bits per heavy atom. The summed E-state index contributed by atoms with van der Waals surface area (Å²) in [4.78, 5) is 26.1. The molecule has 0 radical (unpaired) electrons. The van der Waals surface area contributed by atoms with E-state index in [0.29, 0.717) is 25.4 Å². The van der Waals surface area contributed by atoms with Crippen LogP contribution in [0.1, 0.15) is 50.5 Å². The highest BCUT2D eigenvalue weighted by Crippen LogP contribution is 2.27. The van der Waals surface area contributed by atoms with E-state index >= 15 is 0 Å². The minimum atomic E-state index is -0.0964. The van der Waals surface area contributed by atoms with Gasteiger partial charge in [-0.05, 0) is 37.3 Å². The summed E-state index contributed by atoms with van der Waals surface area (Å²) in [7, 11) is 0. The molecule has 1 aromatic carbocycles. The van der Waals surface area contributed by atoms with E-state index in [1.54, 1.807) is 0 Å². The molecule has 2 aliphatic rings. The fourth-order valence-corrected chi connectivity index (χ4v) is 3.66. The third-order valence-electron chi connectivity index (χ3n) is 4.98. The second-order valence-corrected chi connectivity index (χ2v) is 6.76. The number of carbonyl (C=O) groups is 2. The first-order valence-corrected chi connectivity index (χ1v) is 9.16. The third-order valence-corrected chi connectivity index (χ3v) is 4.98. The SMILES string of the molecule is O=C(NCCCC(=O)N1CCc2ccccc21)NC1CCCCC1. The van der Waals surface area contributed by atoms with Crippen LogP contribution in [0.15, 0.2) is 24.3 Å². The number of urea groups is 1. The Kier molecular flexibility index (Phi) is 5.72. The van der Waals surface area contributed by atoms with Crippen LogP contribution >= 0.6 is 0 Å². The summed E-state index contributed by atoms with van der Waals surface area (Å²) in [6.45, 7) is 1.31. The van der Waals surface area contributed by atoms with Gasteiger partial charge in [0, 0.05) is 31.2 Å². The van der Waals surface area contributed by atoms with Gasteiger partial charge in [-0.1, -0.05) is 37.5 Å². The number of nitrogens with one attached hydrogen (secondary N) is 2. The molecule has 1 aliphatic heterocycles. The highest BCUT2D eigenvalue weighted by molar-refractivity contribution is 5.95. The predicted molar refractivity (Wildman–Crippen MR) is 95.1 cm³/mol. The van der Waals surface area contributed by atoms with Gasteiger partial charge in [-0.3, -0.25) is 4.79 Å². The lowest BCUT2D eigenvalue weighted by Crippen LogP contribution is -2.43. The van der Waals surface area contributed by atoms with Gasteiger partial charge in [0.05, 0.1) is 0 Å². The van der Waals surface area contributed by atoms with Crippen molar-refractivity contribution in [2.75, 3.05) is 18.0 Å². The summed E-state index contributed by atoms with van der Waals surface area (Å²) in [5, 5.41) is 5.90. The van der Waals surface area contributed by atoms with E-state index in [0.717, 1.165) is 31.5 Å². The van der Waals surface area contributed by atoms with E-state index in [1.165, 1.54) is 24.8 Å². The lowest BCUT2D eigenvalue weighted by Gasteiger charge is -2.23. The minimum Gasteiger partial charge on any atom is -0.338 e. The number of hydrogen-bond acceptors (Lipinski definition) is 2. The molecule has 5 heteroatoms. The molecule has 0 unspecified atom stereocenters. The summed E-state index contributed by atoms with van der Waals surface area (Å²) in [5.74, 6) is 0.148. The molecule has 2 N–H and O–H groups in total. The van der Waals surface area contributed by atoms with Crippen molar-refractivity contribution < 1.29 is 9.59 Å². The van der Waals surface area contributed by atoms with Crippen molar-refractivity contribution in [2.24, 2.45) is 0 Å². The van der Waals surface area contributed by atoms with Crippen LogP contribution < -0.4 is 15.5 Å². The van der Waals surface area contributed by atoms with Crippen LogP contribution in [0.2, 0.25) is 0 Å². The summed E-state index contributed by atoms with van der Waals surface area (Å²) < 4.78 is 0. The van der Waals surface area contributed by atoms with Crippen molar-refractivity contribution in [1.82, 2.24) is 10.6 Å². The maximum absolute atomic E-state index is 12.4. The van der Waals surface area contributed by atoms with Crippen LogP contribution in [0.3, 0.4) is 0 Å². The van der Waals surface area contributed by atoms with Crippen LogP contribution in [0.25, 0.3) is 0 Å². The zero-order valence-corrected chi connectivity index (χ0v) is 14.2. The van der Waals surface area contributed by atoms with Crippen LogP contribution in [-0.4, -0.2) is 31.1 Å². The minimum absolute atomic E-state index is 0.0964. The number of rotatable bonds is 5. The summed E-state index contributed by atoms with van der Waals surface area (Å²) >= 11 is 0. The Labute approximate surface area is 143 Å². The molecule has 1 aliphatic carbocycles. The van der Waals surface area contributed by atoms with Crippen LogP contribution in [0, 0.1) is 0 Å². The molecule has 3 rings (SSSR count). The summed E-state index contributed by atoms with van der Waals surface area (Å²) in [6.07, 6.45) is 7.94. The zero-order valence-electron chi connectivity index (χ0n) is 14.2. The van der Waals surface area contributed by atoms with Gasteiger partial charge in [0.25, 0.3) is 0 Å². The van der Waals surface area contributed by atoms with Crippen LogP contribution in [-0.2, 0) is 11.2 Å². The normalized spacial score (nSPS) is 17.4. The average molecular weight is 329 g/mol. The Morgan fingerprint density at radius 3 is 2.75 bits per heavy atom. The number of carbonyl (C=O) groups excluding carboxylic acids is 2. The van der Waals surface area contributed by atoms with Crippen molar-refractivity contribution in [2.45, 2.75) is 57.4 Å². The molecular formula is C19H27N3O2. The quantitative estimate of drug-likeness (QED) is 0.816. The molecule has 0 spiro atoms. The second-order valence-electron chi connectivity index (χ2n) is 6.76. The second kappa shape index (κ2) is 8.18. The number of benzene rings is 1. The van der Waals surface area contributed by atoms with E-state index in [-0.39, 0.29) is 11.9 Å². The summed E-state index contributed by atoms with van der Waals surface area (Å²) in [6, 6.07) is 8.31. The number of anilines is 1. The van der Waals surface area contributed by atoms with Crippen molar-refractivity contribution in [1.29, 1.82) is 0 Å². The Bertz CT molecular complexity index is 582. The molecule has 0 saturated heterocycles. The van der Waals surface area contributed by atoms with E-state index < -0.39 is 0 Å². The number of para-hydroxylation sites is 1. The Balaban J connectivity index is 1.35. The van der Waals surface area contributed by atoms with Gasteiger partial charge < -0.3 is 15.5 Å². The van der Waals surface area contributed by atoms with Gasteiger partial charge >= 0.3 is 6.03 Å². The maximum atomic E-state index is 12.4. The molecular weight excluding hydrogens is 302 g/mol. The van der Waals surface area contributed by atoms with E-state index in [1.807, 2.05) is 23.1 Å². The lowest BCUT2D eigenvalue weighted by atomic mass is 9.96. The number of nitrogens with zero attached hydrogens (tertiary/aromatic N) is 1. The molecule has 0 atom stereocenters. The van der Waals surface area contributed by atoms with Crippen LogP contribution in [0.5, 0.6) is 0 Å². The van der Waals surface area contributed by atoms with Gasteiger partial charge in [0.2, 0.25) is 5.91 Å². The van der Waals surface area contributed by atoms with E-state index in [2.05, 4.69) is 16.7 Å². The highest BCUT2D eigenvalue weighted by Gasteiger charge is 2.23. The molecule has 1 aromatic rings. The Morgan fingerprint density at radius 2 is 1.92 bits per heavy atom. The molecule has 0 aromatic heterocycles. The Hall–Kier alpha value is -2.04. The van der Waals surface area contributed by atoms with Gasteiger partial charge in [0.15, 0.2) is 0 Å². The van der Waals surface area contributed by atoms with Gasteiger partial charge in [-0.25, -0.2) is 4.79 Å². The largest absolute Gasteiger partial charge is 0.338 e. The molecule has 1 saturated carbocycles. The first-order chi connectivity index (χ1) is 11.7. The van der Waals surface area contributed by atoms with Gasteiger partial charge in [-0.15, -0.1) is 0 Å². The maximum Gasteiger partial charge on any atom is 0.315 e. The van der Waals surface area contributed by atoms with Crippen LogP contribution in [0.4, 0.5) is 10.5 Å². The number of hydrogen-bond donors (Lipinski definition) is 2. The first kappa shape index (κ1) is 16.8. The first-order valence-electron chi connectivity index (χ1n) is 9.16. The fourth-order valence-electron chi connectivity index (χ4n) is 3.66. The molecule has 1 fully saturated rings. The third kappa shape index (κ3) is 4.28. The molecule has 0 bridgehead atoms. The van der Waals surface area contributed by atoms with Gasteiger partial charge in [0.1, 0.15) is 0 Å². The predicted octanol–water partition coefficient (Wildman–Crippen LogP) is 2.99. The van der Waals surface area contributed by atoms with E-state index in [4.69, 9.17) is 0 Å². The summed E-state index contributed by atoms with van der Waals surface area (Å²) in [5.41, 5.74) is 2.29. The smallest absolute Gasteiger partial charge is 0.315 e. The van der Waals surface area contributed by atoms with Crippen molar-refractivity contribution in [3.8, 4) is 0 Å². The average Bonchev–Trinajstić information content (AvgIpc) is 3.03. The molecule has 130 valence electrons. The molecule has 24 heavy (non-hydrogen) atoms. The molecule has 3 amide bonds.